The van der Waals surface area contributed by atoms with Crippen molar-refractivity contribution in [3.8, 4) is 0 Å². The second-order valence-corrected chi connectivity index (χ2v) is 6.60. The van der Waals surface area contributed by atoms with Crippen LogP contribution < -0.4 is 16.6 Å². The Morgan fingerprint density at radius 3 is 3.05 bits per heavy atom. The van der Waals surface area contributed by atoms with Gasteiger partial charge in [-0.15, -0.1) is 0 Å². The summed E-state index contributed by atoms with van der Waals surface area (Å²) in [5.74, 6) is 6.55. The molecule has 0 spiro atoms. The van der Waals surface area contributed by atoms with Crippen LogP contribution in [-0.2, 0) is 0 Å². The van der Waals surface area contributed by atoms with E-state index in [1.807, 2.05) is 11.8 Å². The highest BCUT2D eigenvalue weighted by Crippen LogP contribution is 2.30. The lowest BCUT2D eigenvalue weighted by Crippen LogP contribution is -2.39. The van der Waals surface area contributed by atoms with Gasteiger partial charge in [0.2, 0.25) is 0 Å². The first-order valence-corrected chi connectivity index (χ1v) is 8.14. The Bertz CT molecular complexity index is 485. The number of rotatable bonds is 5. The highest BCUT2D eigenvalue weighted by atomic mass is 35.5. The van der Waals surface area contributed by atoms with Crippen molar-refractivity contribution < 1.29 is 4.79 Å². The summed E-state index contributed by atoms with van der Waals surface area (Å²) in [5, 5.41) is 3.86. The average molecular weight is 315 g/mol. The second-order valence-electron chi connectivity index (χ2n) is 4.68. The molecule has 2 unspecified atom stereocenters. The Kier molecular flexibility index (Phi) is 5.51. The fraction of sp³-hybridized carbons (Fsp3) is 0.538. The summed E-state index contributed by atoms with van der Waals surface area (Å²) < 4.78 is 0. The molecule has 1 aromatic heterocycles. The summed E-state index contributed by atoms with van der Waals surface area (Å²) >= 11 is 7.93. The van der Waals surface area contributed by atoms with Gasteiger partial charge in [-0.2, -0.15) is 11.8 Å². The quantitative estimate of drug-likeness (QED) is 0.574. The maximum atomic E-state index is 12.3. The van der Waals surface area contributed by atoms with Crippen LogP contribution >= 0.6 is 23.4 Å². The predicted octanol–water partition coefficient (Wildman–Crippen LogP) is 2.42. The number of aromatic nitrogens is 1. The minimum Gasteiger partial charge on any atom is -0.347 e. The van der Waals surface area contributed by atoms with Gasteiger partial charge in [-0.1, -0.05) is 24.9 Å². The van der Waals surface area contributed by atoms with E-state index >= 15 is 0 Å². The number of hydrazine groups is 1. The molecule has 1 heterocycles. The van der Waals surface area contributed by atoms with Crippen LogP contribution in [0.4, 0.5) is 5.82 Å². The molecule has 4 N–H and O–H groups in total. The SMILES string of the molecule is CCSC1CCCC1NC(=O)c1nc(NN)ccc1Cl. The third kappa shape index (κ3) is 3.56. The van der Waals surface area contributed by atoms with Gasteiger partial charge < -0.3 is 10.7 Å². The number of carbonyl (C=O) groups excluding carboxylic acids is 1. The first kappa shape index (κ1) is 15.4. The van der Waals surface area contributed by atoms with Crippen molar-refractivity contribution in [3.63, 3.8) is 0 Å². The zero-order valence-electron chi connectivity index (χ0n) is 11.4. The Hall–Kier alpha value is -0.980. The average Bonchev–Trinajstić information content (AvgIpc) is 2.87. The number of hydrogen-bond donors (Lipinski definition) is 3. The molecule has 1 amide bonds. The van der Waals surface area contributed by atoms with E-state index in [1.54, 1.807) is 12.1 Å². The van der Waals surface area contributed by atoms with Crippen LogP contribution in [-0.4, -0.2) is 27.9 Å². The van der Waals surface area contributed by atoms with E-state index in [0.717, 1.165) is 25.0 Å². The number of thioether (sulfide) groups is 1. The normalized spacial score (nSPS) is 21.8. The van der Waals surface area contributed by atoms with Crippen LogP contribution in [0, 0.1) is 0 Å². The molecule has 1 aliphatic carbocycles. The lowest BCUT2D eigenvalue weighted by Gasteiger charge is -2.20. The molecular weight excluding hydrogens is 296 g/mol. The largest absolute Gasteiger partial charge is 0.347 e. The number of carbonyl (C=O) groups is 1. The molecule has 110 valence electrons. The molecule has 1 saturated carbocycles. The van der Waals surface area contributed by atoms with E-state index in [2.05, 4.69) is 22.7 Å². The van der Waals surface area contributed by atoms with Crippen molar-refractivity contribution in [1.29, 1.82) is 0 Å². The van der Waals surface area contributed by atoms with Crippen LogP contribution in [0.3, 0.4) is 0 Å². The minimum absolute atomic E-state index is 0.194. The fourth-order valence-corrected chi connectivity index (χ4v) is 3.81. The summed E-state index contributed by atoms with van der Waals surface area (Å²) in [7, 11) is 0. The molecule has 1 aromatic rings. The van der Waals surface area contributed by atoms with Crippen LogP contribution in [0.1, 0.15) is 36.7 Å². The van der Waals surface area contributed by atoms with E-state index in [4.69, 9.17) is 17.4 Å². The van der Waals surface area contributed by atoms with Gasteiger partial charge in [0.1, 0.15) is 11.5 Å². The molecule has 0 aromatic carbocycles. The number of nitrogens with two attached hydrogens (primary N) is 1. The van der Waals surface area contributed by atoms with Crippen LogP contribution in [0.2, 0.25) is 5.02 Å². The maximum absolute atomic E-state index is 12.3. The second kappa shape index (κ2) is 7.15. The van der Waals surface area contributed by atoms with Gasteiger partial charge in [-0.3, -0.25) is 4.79 Å². The molecule has 0 aliphatic heterocycles. The van der Waals surface area contributed by atoms with E-state index < -0.39 is 0 Å². The van der Waals surface area contributed by atoms with Crippen molar-refractivity contribution in [2.75, 3.05) is 11.2 Å². The summed E-state index contributed by atoms with van der Waals surface area (Å²) in [4.78, 5) is 16.4. The van der Waals surface area contributed by atoms with Crippen molar-refractivity contribution >= 4 is 35.1 Å². The molecule has 0 saturated heterocycles. The van der Waals surface area contributed by atoms with Crippen LogP contribution in [0.15, 0.2) is 12.1 Å². The minimum atomic E-state index is -0.235. The van der Waals surface area contributed by atoms with Gasteiger partial charge in [0.05, 0.1) is 5.02 Å². The predicted molar refractivity (Wildman–Crippen MR) is 84.1 cm³/mol. The third-order valence-electron chi connectivity index (χ3n) is 3.36. The molecular formula is C13H19ClN4OS. The lowest BCUT2D eigenvalue weighted by molar-refractivity contribution is 0.0934. The zero-order chi connectivity index (χ0) is 14.5. The highest BCUT2D eigenvalue weighted by Gasteiger charge is 2.29. The summed E-state index contributed by atoms with van der Waals surface area (Å²) in [6.07, 6.45) is 3.30. The fourth-order valence-electron chi connectivity index (χ4n) is 2.42. The van der Waals surface area contributed by atoms with Gasteiger partial charge in [0.25, 0.3) is 5.91 Å². The number of nitrogens with one attached hydrogen (secondary N) is 2. The summed E-state index contributed by atoms with van der Waals surface area (Å²) in [6, 6.07) is 3.44. The number of pyridine rings is 1. The highest BCUT2D eigenvalue weighted by molar-refractivity contribution is 7.99. The van der Waals surface area contributed by atoms with Gasteiger partial charge in [0.15, 0.2) is 0 Å². The lowest BCUT2D eigenvalue weighted by atomic mass is 10.2. The number of nitrogen functional groups attached to an aromatic ring is 1. The Morgan fingerprint density at radius 2 is 2.35 bits per heavy atom. The van der Waals surface area contributed by atoms with Crippen LogP contribution in [0.5, 0.6) is 0 Å². The molecule has 5 nitrogen and oxygen atoms in total. The number of halogens is 1. The standard InChI is InChI=1S/C13H19ClN4OS/c1-2-20-10-5-3-4-9(10)16-13(19)12-8(14)6-7-11(17-12)18-15/h6-7,9-10H,2-5,15H2,1H3,(H,16,19)(H,17,18). The van der Waals surface area contributed by atoms with Crippen molar-refractivity contribution in [1.82, 2.24) is 10.3 Å². The monoisotopic (exact) mass is 314 g/mol. The number of nitrogens with zero attached hydrogens (tertiary/aromatic N) is 1. The molecule has 1 aliphatic rings. The first-order valence-electron chi connectivity index (χ1n) is 6.71. The molecule has 0 radical (unpaired) electrons. The Labute approximate surface area is 128 Å². The molecule has 2 atom stereocenters. The molecule has 2 rings (SSSR count). The van der Waals surface area contributed by atoms with Crippen molar-refractivity contribution in [2.45, 2.75) is 37.5 Å². The molecule has 20 heavy (non-hydrogen) atoms. The van der Waals surface area contributed by atoms with Gasteiger partial charge in [-0.25, -0.2) is 10.8 Å². The summed E-state index contributed by atoms with van der Waals surface area (Å²) in [5.41, 5.74) is 2.64. The number of hydrogen-bond acceptors (Lipinski definition) is 5. The molecule has 7 heteroatoms. The first-order chi connectivity index (χ1) is 9.65. The molecule has 0 bridgehead atoms. The van der Waals surface area contributed by atoms with E-state index in [1.165, 1.54) is 0 Å². The van der Waals surface area contributed by atoms with E-state index in [-0.39, 0.29) is 17.6 Å². The third-order valence-corrected chi connectivity index (χ3v) is 4.99. The molecule has 1 fully saturated rings. The summed E-state index contributed by atoms with van der Waals surface area (Å²) in [6.45, 7) is 2.14. The van der Waals surface area contributed by atoms with E-state index in [0.29, 0.717) is 16.1 Å². The van der Waals surface area contributed by atoms with Crippen LogP contribution in [0.25, 0.3) is 0 Å². The maximum Gasteiger partial charge on any atom is 0.271 e. The Balaban J connectivity index is 2.08. The Morgan fingerprint density at radius 1 is 1.55 bits per heavy atom. The van der Waals surface area contributed by atoms with Gasteiger partial charge in [-0.05, 0) is 30.7 Å². The topological polar surface area (TPSA) is 80.0 Å². The van der Waals surface area contributed by atoms with Crippen molar-refractivity contribution in [3.05, 3.63) is 22.8 Å². The number of amides is 1. The smallest absolute Gasteiger partial charge is 0.271 e. The number of anilines is 1. The zero-order valence-corrected chi connectivity index (χ0v) is 12.9. The van der Waals surface area contributed by atoms with Gasteiger partial charge >= 0.3 is 0 Å². The van der Waals surface area contributed by atoms with Gasteiger partial charge in [0, 0.05) is 11.3 Å². The van der Waals surface area contributed by atoms with E-state index in [9.17, 15) is 4.79 Å². The van der Waals surface area contributed by atoms with Crippen molar-refractivity contribution in [2.24, 2.45) is 5.84 Å².